The smallest absolute Gasteiger partial charge is 0.328 e. The van der Waals surface area contributed by atoms with Crippen LogP contribution < -0.4 is 5.32 Å². The van der Waals surface area contributed by atoms with Crippen molar-refractivity contribution in [2.45, 2.75) is 32.7 Å². The van der Waals surface area contributed by atoms with Gasteiger partial charge in [0.25, 0.3) is 0 Å². The first-order valence-corrected chi connectivity index (χ1v) is 8.85. The molecule has 2 rings (SSSR count). The summed E-state index contributed by atoms with van der Waals surface area (Å²) in [6, 6.07) is 7.12. The predicted molar refractivity (Wildman–Crippen MR) is 98.3 cm³/mol. The molecule has 1 unspecified atom stereocenters. The van der Waals surface area contributed by atoms with Crippen LogP contribution in [0.15, 0.2) is 36.9 Å². The van der Waals surface area contributed by atoms with E-state index in [9.17, 15) is 14.4 Å². The number of ether oxygens (including phenoxy) is 1. The molecule has 1 aromatic rings. The molecule has 1 atom stereocenters. The standard InChI is InChI=1S/C20H26N2O4/c1-4-19(24)22-12-16(13-22)11-18(23)21-17(20(25)26-5-2)10-15-8-6-14(3)7-9-15/h4,6-9,16-17H,1,5,10-13H2,2-3H3,(H,21,23). The first-order valence-electron chi connectivity index (χ1n) is 8.85. The zero-order valence-electron chi connectivity index (χ0n) is 15.4. The Morgan fingerprint density at radius 1 is 1.31 bits per heavy atom. The zero-order chi connectivity index (χ0) is 19.1. The second-order valence-electron chi connectivity index (χ2n) is 6.58. The summed E-state index contributed by atoms with van der Waals surface area (Å²) in [4.78, 5) is 37.6. The van der Waals surface area contributed by atoms with Gasteiger partial charge in [-0.1, -0.05) is 36.4 Å². The number of hydrogen-bond donors (Lipinski definition) is 1. The summed E-state index contributed by atoms with van der Waals surface area (Å²) in [5.74, 6) is -0.643. The Labute approximate surface area is 154 Å². The molecule has 0 saturated carbocycles. The fourth-order valence-corrected chi connectivity index (χ4v) is 2.92. The van der Waals surface area contributed by atoms with Gasteiger partial charge in [0, 0.05) is 31.8 Å². The van der Waals surface area contributed by atoms with Gasteiger partial charge in [-0.15, -0.1) is 0 Å². The fourth-order valence-electron chi connectivity index (χ4n) is 2.92. The van der Waals surface area contributed by atoms with Crippen molar-refractivity contribution < 1.29 is 19.1 Å². The minimum absolute atomic E-state index is 0.112. The van der Waals surface area contributed by atoms with Crippen molar-refractivity contribution in [1.82, 2.24) is 10.2 Å². The van der Waals surface area contributed by atoms with E-state index in [1.807, 2.05) is 31.2 Å². The van der Waals surface area contributed by atoms with Crippen LogP contribution in [0.3, 0.4) is 0 Å². The van der Waals surface area contributed by atoms with Gasteiger partial charge in [-0.25, -0.2) is 4.79 Å². The van der Waals surface area contributed by atoms with Gasteiger partial charge in [0.05, 0.1) is 6.61 Å². The van der Waals surface area contributed by atoms with E-state index >= 15 is 0 Å². The van der Waals surface area contributed by atoms with E-state index in [-0.39, 0.29) is 30.8 Å². The Morgan fingerprint density at radius 3 is 2.54 bits per heavy atom. The Morgan fingerprint density at radius 2 is 1.96 bits per heavy atom. The van der Waals surface area contributed by atoms with Gasteiger partial charge in [0.1, 0.15) is 6.04 Å². The molecule has 0 aliphatic carbocycles. The van der Waals surface area contributed by atoms with Crippen LogP contribution in [0.25, 0.3) is 0 Å². The number of amides is 2. The first kappa shape index (κ1) is 19.7. The minimum atomic E-state index is -0.712. The van der Waals surface area contributed by atoms with Crippen molar-refractivity contribution in [2.24, 2.45) is 5.92 Å². The molecule has 1 heterocycles. The Bertz CT molecular complexity index is 663. The lowest BCUT2D eigenvalue weighted by atomic mass is 9.95. The summed E-state index contributed by atoms with van der Waals surface area (Å²) in [6.45, 7) is 8.53. The molecule has 6 nitrogen and oxygen atoms in total. The summed E-state index contributed by atoms with van der Waals surface area (Å²) in [5, 5.41) is 2.78. The van der Waals surface area contributed by atoms with Crippen molar-refractivity contribution in [3.05, 3.63) is 48.0 Å². The third-order valence-corrected chi connectivity index (χ3v) is 4.38. The number of aryl methyl sites for hydroxylation is 1. The highest BCUT2D eigenvalue weighted by molar-refractivity contribution is 5.88. The van der Waals surface area contributed by atoms with Crippen LogP contribution in [0.2, 0.25) is 0 Å². The topological polar surface area (TPSA) is 75.7 Å². The van der Waals surface area contributed by atoms with Crippen LogP contribution in [0, 0.1) is 12.8 Å². The van der Waals surface area contributed by atoms with Crippen molar-refractivity contribution >= 4 is 17.8 Å². The predicted octanol–water partition coefficient (Wildman–Crippen LogP) is 1.62. The number of nitrogens with zero attached hydrogens (tertiary/aromatic N) is 1. The SMILES string of the molecule is C=CC(=O)N1CC(CC(=O)NC(Cc2ccc(C)cc2)C(=O)OCC)C1. The number of carbonyl (C=O) groups excluding carboxylic acids is 3. The monoisotopic (exact) mass is 358 g/mol. The van der Waals surface area contributed by atoms with Crippen LogP contribution in [0.4, 0.5) is 0 Å². The number of carbonyl (C=O) groups is 3. The molecule has 0 aromatic heterocycles. The van der Waals surface area contributed by atoms with Gasteiger partial charge in [0.2, 0.25) is 11.8 Å². The molecule has 1 fully saturated rings. The van der Waals surface area contributed by atoms with E-state index in [1.54, 1.807) is 11.8 Å². The third-order valence-electron chi connectivity index (χ3n) is 4.38. The van der Waals surface area contributed by atoms with E-state index in [0.717, 1.165) is 11.1 Å². The summed E-state index contributed by atoms with van der Waals surface area (Å²) >= 11 is 0. The van der Waals surface area contributed by atoms with Crippen LogP contribution >= 0.6 is 0 Å². The fraction of sp³-hybridized carbons (Fsp3) is 0.450. The average molecular weight is 358 g/mol. The van der Waals surface area contributed by atoms with Crippen molar-refractivity contribution in [3.8, 4) is 0 Å². The van der Waals surface area contributed by atoms with Crippen LogP contribution in [-0.4, -0.2) is 48.4 Å². The maximum absolute atomic E-state index is 12.3. The van der Waals surface area contributed by atoms with E-state index in [0.29, 0.717) is 19.5 Å². The molecule has 140 valence electrons. The second kappa shape index (κ2) is 9.17. The highest BCUT2D eigenvalue weighted by atomic mass is 16.5. The van der Waals surface area contributed by atoms with Crippen LogP contribution in [0.1, 0.15) is 24.5 Å². The maximum atomic E-state index is 12.3. The molecule has 6 heteroatoms. The van der Waals surface area contributed by atoms with E-state index in [4.69, 9.17) is 4.74 Å². The molecule has 2 amide bonds. The number of hydrogen-bond acceptors (Lipinski definition) is 4. The lowest BCUT2D eigenvalue weighted by Crippen LogP contribution is -2.52. The molecule has 0 spiro atoms. The molecule has 0 bridgehead atoms. The molecule has 1 N–H and O–H groups in total. The molecule has 26 heavy (non-hydrogen) atoms. The Balaban J connectivity index is 1.90. The molecule has 1 saturated heterocycles. The van der Waals surface area contributed by atoms with Gasteiger partial charge in [-0.05, 0) is 25.5 Å². The van der Waals surface area contributed by atoms with Gasteiger partial charge in [0.15, 0.2) is 0 Å². The molecule has 1 aromatic carbocycles. The number of rotatable bonds is 8. The summed E-state index contributed by atoms with van der Waals surface area (Å²) in [6.07, 6.45) is 1.94. The number of likely N-dealkylation sites (tertiary alicyclic amines) is 1. The van der Waals surface area contributed by atoms with E-state index in [2.05, 4.69) is 11.9 Å². The van der Waals surface area contributed by atoms with Gasteiger partial charge in [-0.2, -0.15) is 0 Å². The van der Waals surface area contributed by atoms with Crippen molar-refractivity contribution in [1.29, 1.82) is 0 Å². The Hall–Kier alpha value is -2.63. The molecular formula is C20H26N2O4. The molecule has 1 aliphatic heterocycles. The quantitative estimate of drug-likeness (QED) is 0.566. The molecular weight excluding hydrogens is 332 g/mol. The first-order chi connectivity index (χ1) is 12.4. The molecule has 0 radical (unpaired) electrons. The largest absolute Gasteiger partial charge is 0.464 e. The van der Waals surface area contributed by atoms with Crippen molar-refractivity contribution in [2.75, 3.05) is 19.7 Å². The average Bonchev–Trinajstić information content (AvgIpc) is 2.58. The third kappa shape index (κ3) is 5.44. The highest BCUT2D eigenvalue weighted by Gasteiger charge is 2.32. The minimum Gasteiger partial charge on any atom is -0.464 e. The highest BCUT2D eigenvalue weighted by Crippen LogP contribution is 2.19. The molecule has 1 aliphatic rings. The van der Waals surface area contributed by atoms with Crippen LogP contribution in [-0.2, 0) is 25.5 Å². The van der Waals surface area contributed by atoms with Gasteiger partial charge in [-0.3, -0.25) is 9.59 Å². The van der Waals surface area contributed by atoms with E-state index in [1.165, 1.54) is 6.08 Å². The number of benzene rings is 1. The summed E-state index contributed by atoms with van der Waals surface area (Å²) in [5.41, 5.74) is 2.09. The normalized spacial score (nSPS) is 14.9. The lowest BCUT2D eigenvalue weighted by molar-refractivity contribution is -0.147. The van der Waals surface area contributed by atoms with E-state index < -0.39 is 12.0 Å². The second-order valence-corrected chi connectivity index (χ2v) is 6.58. The summed E-state index contributed by atoms with van der Waals surface area (Å²) < 4.78 is 5.09. The van der Waals surface area contributed by atoms with Crippen molar-refractivity contribution in [3.63, 3.8) is 0 Å². The van der Waals surface area contributed by atoms with Crippen LogP contribution in [0.5, 0.6) is 0 Å². The van der Waals surface area contributed by atoms with Gasteiger partial charge >= 0.3 is 5.97 Å². The maximum Gasteiger partial charge on any atom is 0.328 e. The number of nitrogens with one attached hydrogen (secondary N) is 1. The lowest BCUT2D eigenvalue weighted by Gasteiger charge is -2.38. The number of esters is 1. The Kier molecular flexibility index (Phi) is 6.95. The van der Waals surface area contributed by atoms with Gasteiger partial charge < -0.3 is 15.0 Å². The zero-order valence-corrected chi connectivity index (χ0v) is 15.4. The summed E-state index contributed by atoms with van der Waals surface area (Å²) in [7, 11) is 0.